The molecule has 0 radical (unpaired) electrons. The fraction of sp³-hybridized carbons (Fsp3) is 0.542. The number of benzene rings is 1. The lowest BCUT2D eigenvalue weighted by molar-refractivity contribution is -0.192. The number of hydrogen-bond donors (Lipinski definition) is 2. The number of nitrogens with two attached hydrogens (primary N) is 1. The largest absolute Gasteiger partial charge is 0.490 e. The zero-order chi connectivity index (χ0) is 27.9. The standard InChI is InChI=1S/C22H30Cl2N6O.C2HF3O2/c23-18-7-5-8-19(21(18)24)28-14-12-27(13-15-28)9-3-4-10-29(22(25)31)20-16-17-6-1-2-11-30(17)26-20;3-2(4,5)1(6)7/h5,7-8,16H,1-4,6,9-15H2,(H2,25,31);(H,6,7). The number of aromatic nitrogens is 2. The molecule has 0 bridgehead atoms. The van der Waals surface area contributed by atoms with Crippen molar-refractivity contribution in [3.63, 3.8) is 0 Å². The second-order valence-corrected chi connectivity index (χ2v) is 9.86. The van der Waals surface area contributed by atoms with Gasteiger partial charge >= 0.3 is 18.2 Å². The number of unbranched alkanes of at least 4 members (excludes halogenated alkanes) is 1. The Hall–Kier alpha value is -2.70. The van der Waals surface area contributed by atoms with Crippen molar-refractivity contribution in [2.45, 2.75) is 44.8 Å². The van der Waals surface area contributed by atoms with Crippen LogP contribution >= 0.6 is 23.2 Å². The first kappa shape index (κ1) is 29.9. The summed E-state index contributed by atoms with van der Waals surface area (Å²) in [5.41, 5.74) is 7.85. The lowest BCUT2D eigenvalue weighted by atomic mass is 10.1. The number of carboxylic acid groups (broad SMARTS) is 1. The van der Waals surface area contributed by atoms with Gasteiger partial charge in [-0.25, -0.2) is 9.59 Å². The Bertz CT molecular complexity index is 1080. The third kappa shape index (κ3) is 8.15. The summed E-state index contributed by atoms with van der Waals surface area (Å²) in [5.74, 6) is -2.07. The van der Waals surface area contributed by atoms with Gasteiger partial charge in [-0.05, 0) is 50.8 Å². The van der Waals surface area contributed by atoms with Gasteiger partial charge in [-0.1, -0.05) is 29.3 Å². The van der Waals surface area contributed by atoms with E-state index in [0.717, 1.165) is 70.6 Å². The number of hydrogen-bond acceptors (Lipinski definition) is 5. The Morgan fingerprint density at radius 1 is 1.08 bits per heavy atom. The number of alkyl halides is 3. The number of aliphatic carboxylic acids is 1. The molecule has 1 aromatic heterocycles. The molecule has 1 aromatic carbocycles. The molecule has 38 heavy (non-hydrogen) atoms. The van der Waals surface area contributed by atoms with Gasteiger partial charge in [-0.3, -0.25) is 14.5 Å². The SMILES string of the molecule is NC(=O)N(CCCCN1CCN(c2cccc(Cl)c2Cl)CC1)c1cc2n(n1)CCCC2.O=C(O)C(F)(F)F. The summed E-state index contributed by atoms with van der Waals surface area (Å²) in [5, 5.41) is 12.9. The summed E-state index contributed by atoms with van der Waals surface area (Å²) in [7, 11) is 0. The number of primary amides is 1. The maximum Gasteiger partial charge on any atom is 0.490 e. The Kier molecular flexibility index (Phi) is 10.5. The number of amides is 2. The molecule has 0 unspecified atom stereocenters. The smallest absolute Gasteiger partial charge is 0.475 e. The van der Waals surface area contributed by atoms with E-state index < -0.39 is 18.2 Å². The Labute approximate surface area is 228 Å². The average molecular weight is 579 g/mol. The molecule has 9 nitrogen and oxygen atoms in total. The lowest BCUT2D eigenvalue weighted by Crippen LogP contribution is -2.46. The van der Waals surface area contributed by atoms with Crippen LogP contribution in [-0.2, 0) is 17.8 Å². The molecular formula is C24H31Cl2F3N6O3. The maximum atomic E-state index is 12.0. The number of piperazine rings is 1. The van der Waals surface area contributed by atoms with Crippen LogP contribution in [0.25, 0.3) is 0 Å². The van der Waals surface area contributed by atoms with Crippen molar-refractivity contribution < 1.29 is 27.9 Å². The predicted octanol–water partition coefficient (Wildman–Crippen LogP) is 4.65. The Morgan fingerprint density at radius 2 is 1.76 bits per heavy atom. The summed E-state index contributed by atoms with van der Waals surface area (Å²) in [6, 6.07) is 7.37. The van der Waals surface area contributed by atoms with Crippen LogP contribution < -0.4 is 15.5 Å². The van der Waals surface area contributed by atoms with E-state index in [1.54, 1.807) is 4.90 Å². The molecule has 14 heteroatoms. The van der Waals surface area contributed by atoms with Gasteiger partial charge in [-0.2, -0.15) is 18.3 Å². The highest BCUT2D eigenvalue weighted by atomic mass is 35.5. The van der Waals surface area contributed by atoms with E-state index in [0.29, 0.717) is 22.4 Å². The predicted molar refractivity (Wildman–Crippen MR) is 140 cm³/mol. The van der Waals surface area contributed by atoms with Crippen molar-refractivity contribution in [3.8, 4) is 0 Å². The molecule has 3 heterocycles. The third-order valence-corrected chi connectivity index (χ3v) is 7.25. The van der Waals surface area contributed by atoms with Gasteiger partial charge < -0.3 is 15.7 Å². The monoisotopic (exact) mass is 578 g/mol. The minimum Gasteiger partial charge on any atom is -0.475 e. The van der Waals surface area contributed by atoms with Crippen molar-refractivity contribution in [2.24, 2.45) is 5.73 Å². The van der Waals surface area contributed by atoms with Crippen LogP contribution in [0.15, 0.2) is 24.3 Å². The van der Waals surface area contributed by atoms with E-state index in [2.05, 4.69) is 14.9 Å². The van der Waals surface area contributed by atoms with E-state index in [4.69, 9.17) is 38.8 Å². The number of anilines is 2. The summed E-state index contributed by atoms with van der Waals surface area (Å²) < 4.78 is 33.8. The number of carboxylic acids is 1. The highest BCUT2D eigenvalue weighted by Gasteiger charge is 2.38. The number of carbonyl (C=O) groups excluding carboxylic acids is 1. The molecule has 2 aliphatic heterocycles. The normalized spacial score (nSPS) is 15.9. The second-order valence-electron chi connectivity index (χ2n) is 9.08. The number of fused-ring (bicyclic) bond motifs is 1. The number of carbonyl (C=O) groups is 2. The number of nitrogens with zero attached hydrogens (tertiary/aromatic N) is 5. The molecule has 0 saturated carbocycles. The first-order chi connectivity index (χ1) is 18.0. The van der Waals surface area contributed by atoms with Gasteiger partial charge in [0.2, 0.25) is 0 Å². The Balaban J connectivity index is 0.000000505. The van der Waals surface area contributed by atoms with E-state index >= 15 is 0 Å². The minimum atomic E-state index is -5.08. The average Bonchev–Trinajstić information content (AvgIpc) is 3.29. The summed E-state index contributed by atoms with van der Waals surface area (Å²) in [6.07, 6.45) is 0.159. The molecule has 3 N–H and O–H groups in total. The van der Waals surface area contributed by atoms with Crippen LogP contribution in [0.4, 0.5) is 29.5 Å². The van der Waals surface area contributed by atoms with Gasteiger partial charge in [0, 0.05) is 51.0 Å². The maximum absolute atomic E-state index is 12.0. The Morgan fingerprint density at radius 3 is 2.37 bits per heavy atom. The number of urea groups is 1. The van der Waals surface area contributed by atoms with Crippen LogP contribution in [0.3, 0.4) is 0 Å². The minimum absolute atomic E-state index is 0.428. The van der Waals surface area contributed by atoms with Crippen molar-refractivity contribution in [1.82, 2.24) is 14.7 Å². The van der Waals surface area contributed by atoms with E-state index in [1.807, 2.05) is 28.9 Å². The van der Waals surface area contributed by atoms with Gasteiger partial charge in [0.05, 0.1) is 15.7 Å². The van der Waals surface area contributed by atoms with Crippen LogP contribution in [0.2, 0.25) is 10.0 Å². The van der Waals surface area contributed by atoms with Gasteiger partial charge in [0.1, 0.15) is 0 Å². The van der Waals surface area contributed by atoms with E-state index in [-0.39, 0.29) is 0 Å². The van der Waals surface area contributed by atoms with Gasteiger partial charge in [0.15, 0.2) is 5.82 Å². The molecule has 2 aromatic rings. The van der Waals surface area contributed by atoms with Crippen LogP contribution in [0, 0.1) is 0 Å². The fourth-order valence-corrected chi connectivity index (χ4v) is 4.84. The molecule has 210 valence electrons. The molecule has 1 fully saturated rings. The van der Waals surface area contributed by atoms with Crippen molar-refractivity contribution in [3.05, 3.63) is 40.0 Å². The molecule has 4 rings (SSSR count). The van der Waals surface area contributed by atoms with Crippen molar-refractivity contribution >= 4 is 46.7 Å². The summed E-state index contributed by atoms with van der Waals surface area (Å²) >= 11 is 12.5. The molecular weight excluding hydrogens is 548 g/mol. The summed E-state index contributed by atoms with van der Waals surface area (Å²) in [4.78, 5) is 27.3. The van der Waals surface area contributed by atoms with E-state index in [9.17, 15) is 18.0 Å². The number of rotatable bonds is 7. The molecule has 2 amide bonds. The first-order valence-corrected chi connectivity index (χ1v) is 13.1. The quantitative estimate of drug-likeness (QED) is 0.463. The van der Waals surface area contributed by atoms with Crippen LogP contribution in [-0.4, -0.2) is 77.2 Å². The molecule has 0 atom stereocenters. The molecule has 2 aliphatic rings. The second kappa shape index (κ2) is 13.4. The summed E-state index contributed by atoms with van der Waals surface area (Å²) in [6.45, 7) is 6.34. The highest BCUT2D eigenvalue weighted by molar-refractivity contribution is 6.43. The molecule has 1 saturated heterocycles. The third-order valence-electron chi connectivity index (χ3n) is 6.44. The topological polar surface area (TPSA) is 108 Å². The lowest BCUT2D eigenvalue weighted by Gasteiger charge is -2.36. The number of halogens is 5. The number of aryl methyl sites for hydroxylation is 2. The van der Waals surface area contributed by atoms with Crippen LogP contribution in [0.1, 0.15) is 31.4 Å². The molecule has 0 aliphatic carbocycles. The zero-order valence-electron chi connectivity index (χ0n) is 20.8. The van der Waals surface area contributed by atoms with Gasteiger partial charge in [0.25, 0.3) is 0 Å². The fourth-order valence-electron chi connectivity index (χ4n) is 4.43. The zero-order valence-corrected chi connectivity index (χ0v) is 22.3. The molecule has 0 spiro atoms. The van der Waals surface area contributed by atoms with Crippen molar-refractivity contribution in [2.75, 3.05) is 49.1 Å². The highest BCUT2D eigenvalue weighted by Crippen LogP contribution is 2.33. The van der Waals surface area contributed by atoms with Crippen LogP contribution in [0.5, 0.6) is 0 Å². The van der Waals surface area contributed by atoms with Gasteiger partial charge in [-0.15, -0.1) is 0 Å². The van der Waals surface area contributed by atoms with Crippen molar-refractivity contribution in [1.29, 1.82) is 0 Å². The first-order valence-electron chi connectivity index (χ1n) is 12.3. The van der Waals surface area contributed by atoms with E-state index in [1.165, 1.54) is 12.1 Å².